The number of hydrogen-bond acceptors (Lipinski definition) is 3. The molecule has 0 aromatic carbocycles. The van der Waals surface area contributed by atoms with Gasteiger partial charge in [-0.2, -0.15) is 13.2 Å². The van der Waals surface area contributed by atoms with Gasteiger partial charge in [0.15, 0.2) is 0 Å². The van der Waals surface area contributed by atoms with E-state index >= 15 is 0 Å². The number of likely N-dealkylation sites (tertiary alicyclic amines) is 1. The van der Waals surface area contributed by atoms with E-state index in [4.69, 9.17) is 5.11 Å². The van der Waals surface area contributed by atoms with Crippen molar-refractivity contribution in [3.63, 3.8) is 0 Å². The second-order valence-electron chi connectivity index (χ2n) is 4.21. The van der Waals surface area contributed by atoms with Crippen molar-refractivity contribution in [1.82, 2.24) is 10.2 Å². The number of carboxylic acids is 1. The maximum atomic E-state index is 11.9. The number of alkyl halides is 3. The van der Waals surface area contributed by atoms with Crippen molar-refractivity contribution in [3.05, 3.63) is 0 Å². The van der Waals surface area contributed by atoms with Gasteiger partial charge in [-0.05, 0) is 19.4 Å². The summed E-state index contributed by atoms with van der Waals surface area (Å²) in [5.41, 5.74) is 0. The molecule has 0 aromatic rings. The molecule has 1 saturated heterocycles. The summed E-state index contributed by atoms with van der Waals surface area (Å²) < 4.78 is 35.6. The molecule has 0 aromatic heterocycles. The third-order valence-electron chi connectivity index (χ3n) is 2.73. The maximum Gasteiger partial charge on any atom is 0.405 e. The highest BCUT2D eigenvalue weighted by Gasteiger charge is 2.31. The van der Waals surface area contributed by atoms with Gasteiger partial charge >= 0.3 is 12.1 Å². The highest BCUT2D eigenvalue weighted by atomic mass is 19.4. The van der Waals surface area contributed by atoms with E-state index in [1.54, 1.807) is 5.32 Å². The summed E-state index contributed by atoms with van der Waals surface area (Å²) in [5.74, 6) is -1.85. The Labute approximate surface area is 102 Å². The SMILES string of the molecule is O=C(CN1CCCCC1C(=O)O)NCC(F)(F)F. The smallest absolute Gasteiger partial charge is 0.405 e. The Hall–Kier alpha value is -1.31. The average Bonchev–Trinajstić information content (AvgIpc) is 2.26. The van der Waals surface area contributed by atoms with Crippen LogP contribution >= 0.6 is 0 Å². The Kier molecular flexibility index (Phi) is 4.94. The summed E-state index contributed by atoms with van der Waals surface area (Å²) in [4.78, 5) is 23.6. The quantitative estimate of drug-likeness (QED) is 0.783. The summed E-state index contributed by atoms with van der Waals surface area (Å²) >= 11 is 0. The molecular weight excluding hydrogens is 253 g/mol. The monoisotopic (exact) mass is 268 g/mol. The van der Waals surface area contributed by atoms with Crippen LogP contribution in [0.4, 0.5) is 13.2 Å². The van der Waals surface area contributed by atoms with Crippen LogP contribution in [0.5, 0.6) is 0 Å². The number of piperidine rings is 1. The normalized spacial score (nSPS) is 21.6. The Morgan fingerprint density at radius 1 is 1.33 bits per heavy atom. The first-order valence-corrected chi connectivity index (χ1v) is 5.60. The van der Waals surface area contributed by atoms with Gasteiger partial charge in [-0.3, -0.25) is 14.5 Å². The molecule has 2 N–H and O–H groups in total. The van der Waals surface area contributed by atoms with E-state index in [9.17, 15) is 22.8 Å². The molecule has 8 heteroatoms. The lowest BCUT2D eigenvalue weighted by atomic mass is 10.0. The highest BCUT2D eigenvalue weighted by molar-refractivity contribution is 5.80. The second kappa shape index (κ2) is 6.03. The molecular formula is C10H15F3N2O3. The maximum absolute atomic E-state index is 11.9. The van der Waals surface area contributed by atoms with Gasteiger partial charge < -0.3 is 10.4 Å². The molecule has 1 aliphatic rings. The molecule has 0 aliphatic carbocycles. The van der Waals surface area contributed by atoms with Crippen LogP contribution in [0.1, 0.15) is 19.3 Å². The van der Waals surface area contributed by atoms with Crippen LogP contribution in [-0.4, -0.2) is 53.7 Å². The van der Waals surface area contributed by atoms with E-state index in [0.717, 1.165) is 12.8 Å². The topological polar surface area (TPSA) is 69.6 Å². The van der Waals surface area contributed by atoms with E-state index in [1.165, 1.54) is 4.90 Å². The predicted octanol–water partition coefficient (Wildman–Crippen LogP) is 0.604. The van der Waals surface area contributed by atoms with E-state index in [-0.39, 0.29) is 6.54 Å². The number of carbonyl (C=O) groups is 2. The van der Waals surface area contributed by atoms with Crippen LogP contribution in [0.2, 0.25) is 0 Å². The van der Waals surface area contributed by atoms with Crippen molar-refractivity contribution in [2.45, 2.75) is 31.5 Å². The first-order valence-electron chi connectivity index (χ1n) is 5.60. The number of amides is 1. The third kappa shape index (κ3) is 4.91. The van der Waals surface area contributed by atoms with E-state index < -0.39 is 30.6 Å². The lowest BCUT2D eigenvalue weighted by molar-refractivity contribution is -0.147. The van der Waals surface area contributed by atoms with Gasteiger partial charge in [0.2, 0.25) is 5.91 Å². The van der Waals surface area contributed by atoms with Crippen LogP contribution in [0, 0.1) is 0 Å². The molecule has 18 heavy (non-hydrogen) atoms. The Balaban J connectivity index is 2.44. The zero-order valence-corrected chi connectivity index (χ0v) is 9.66. The number of carboxylic acid groups (broad SMARTS) is 1. The first-order chi connectivity index (χ1) is 8.29. The van der Waals surface area contributed by atoms with Gasteiger partial charge in [0, 0.05) is 0 Å². The van der Waals surface area contributed by atoms with Gasteiger partial charge in [0.1, 0.15) is 12.6 Å². The van der Waals surface area contributed by atoms with Crippen LogP contribution in [-0.2, 0) is 9.59 Å². The molecule has 1 heterocycles. The molecule has 1 atom stereocenters. The lowest BCUT2D eigenvalue weighted by Gasteiger charge is -2.32. The molecule has 0 saturated carbocycles. The molecule has 1 fully saturated rings. The highest BCUT2D eigenvalue weighted by Crippen LogP contribution is 2.17. The van der Waals surface area contributed by atoms with Crippen LogP contribution in [0.3, 0.4) is 0 Å². The average molecular weight is 268 g/mol. The van der Waals surface area contributed by atoms with Crippen molar-refractivity contribution in [2.75, 3.05) is 19.6 Å². The molecule has 1 aliphatic heterocycles. The van der Waals surface area contributed by atoms with Crippen molar-refractivity contribution < 1.29 is 27.9 Å². The number of aliphatic carboxylic acids is 1. The Morgan fingerprint density at radius 2 is 2.00 bits per heavy atom. The van der Waals surface area contributed by atoms with Crippen LogP contribution < -0.4 is 5.32 Å². The van der Waals surface area contributed by atoms with Crippen LogP contribution in [0.25, 0.3) is 0 Å². The number of carbonyl (C=O) groups excluding carboxylic acids is 1. The fourth-order valence-corrected chi connectivity index (χ4v) is 1.90. The minimum absolute atomic E-state index is 0.312. The number of nitrogens with one attached hydrogen (secondary N) is 1. The van der Waals surface area contributed by atoms with E-state index in [0.29, 0.717) is 13.0 Å². The second-order valence-corrected chi connectivity index (χ2v) is 4.21. The first kappa shape index (κ1) is 14.7. The minimum Gasteiger partial charge on any atom is -0.480 e. The third-order valence-corrected chi connectivity index (χ3v) is 2.73. The molecule has 104 valence electrons. The van der Waals surface area contributed by atoms with Crippen molar-refractivity contribution in [3.8, 4) is 0 Å². The summed E-state index contributed by atoms with van der Waals surface area (Å²) in [6.07, 6.45) is -2.54. The fraction of sp³-hybridized carbons (Fsp3) is 0.800. The molecule has 0 bridgehead atoms. The molecule has 0 radical (unpaired) electrons. The van der Waals surface area contributed by atoms with E-state index in [1.807, 2.05) is 0 Å². The molecule has 0 spiro atoms. The zero-order valence-electron chi connectivity index (χ0n) is 9.66. The summed E-state index contributed by atoms with van der Waals surface area (Å²) in [6, 6.07) is -0.782. The number of hydrogen-bond donors (Lipinski definition) is 2. The zero-order chi connectivity index (χ0) is 13.8. The summed E-state index contributed by atoms with van der Waals surface area (Å²) in [6.45, 7) is -1.29. The molecule has 1 unspecified atom stereocenters. The van der Waals surface area contributed by atoms with Gasteiger partial charge in [-0.15, -0.1) is 0 Å². The minimum atomic E-state index is -4.45. The van der Waals surface area contributed by atoms with Crippen molar-refractivity contribution in [1.29, 1.82) is 0 Å². The number of rotatable bonds is 4. The standard InChI is InChI=1S/C10H15F3N2O3/c11-10(12,13)6-14-8(16)5-15-4-2-1-3-7(15)9(17)18/h7H,1-6H2,(H,14,16)(H,17,18). The van der Waals surface area contributed by atoms with Gasteiger partial charge in [0.25, 0.3) is 0 Å². The number of halogens is 3. The van der Waals surface area contributed by atoms with Gasteiger partial charge in [-0.1, -0.05) is 6.42 Å². The summed E-state index contributed by atoms with van der Waals surface area (Å²) in [7, 11) is 0. The van der Waals surface area contributed by atoms with Crippen LogP contribution in [0.15, 0.2) is 0 Å². The number of nitrogens with zero attached hydrogens (tertiary/aromatic N) is 1. The lowest BCUT2D eigenvalue weighted by Crippen LogP contribution is -2.49. The summed E-state index contributed by atoms with van der Waals surface area (Å²) in [5, 5.41) is 10.7. The Morgan fingerprint density at radius 3 is 2.56 bits per heavy atom. The molecule has 1 rings (SSSR count). The Bertz CT molecular complexity index is 320. The largest absolute Gasteiger partial charge is 0.480 e. The van der Waals surface area contributed by atoms with Crippen molar-refractivity contribution in [2.24, 2.45) is 0 Å². The van der Waals surface area contributed by atoms with Crippen molar-refractivity contribution >= 4 is 11.9 Å². The van der Waals surface area contributed by atoms with E-state index in [2.05, 4.69) is 0 Å². The molecule has 1 amide bonds. The fourth-order valence-electron chi connectivity index (χ4n) is 1.90. The van der Waals surface area contributed by atoms with Gasteiger partial charge in [-0.25, -0.2) is 0 Å². The van der Waals surface area contributed by atoms with Gasteiger partial charge in [0.05, 0.1) is 6.54 Å². The molecule has 5 nitrogen and oxygen atoms in total. The predicted molar refractivity (Wildman–Crippen MR) is 55.9 cm³/mol.